The lowest BCUT2D eigenvalue weighted by Gasteiger charge is -2.41. The van der Waals surface area contributed by atoms with Crippen LogP contribution in [-0.4, -0.2) is 123 Å². The summed E-state index contributed by atoms with van der Waals surface area (Å²) in [5, 5.41) is 6.37. The molecule has 11 nitrogen and oxygen atoms in total. The van der Waals surface area contributed by atoms with E-state index in [1.54, 1.807) is 26.2 Å². The summed E-state index contributed by atoms with van der Waals surface area (Å²) in [6.45, 7) is 14.4. The van der Waals surface area contributed by atoms with Gasteiger partial charge < -0.3 is 29.9 Å². The number of ether oxygens (including phenoxy) is 2. The lowest BCUT2D eigenvalue weighted by molar-refractivity contribution is -0.148. The van der Waals surface area contributed by atoms with Gasteiger partial charge in [0.15, 0.2) is 0 Å². The molecule has 3 rings (SSSR count). The zero-order valence-corrected chi connectivity index (χ0v) is 35.7. The van der Waals surface area contributed by atoms with E-state index in [1.807, 2.05) is 82.8 Å². The van der Waals surface area contributed by atoms with E-state index >= 15 is 0 Å². The van der Waals surface area contributed by atoms with Gasteiger partial charge in [0.1, 0.15) is 6.04 Å². The number of hydrogen-bond acceptors (Lipinski definition) is 7. The van der Waals surface area contributed by atoms with Gasteiger partial charge in [-0.15, -0.1) is 0 Å². The molecule has 4 amide bonds. The summed E-state index contributed by atoms with van der Waals surface area (Å²) < 4.78 is 12.1. The highest BCUT2D eigenvalue weighted by Crippen LogP contribution is 2.30. The minimum Gasteiger partial charge on any atom is -0.379 e. The maximum atomic E-state index is 14.3. The predicted octanol–water partition coefficient (Wildman–Crippen LogP) is 5.25. The number of nitrogens with one attached hydrogen (secondary N) is 2. The maximum absolute atomic E-state index is 14.3. The number of amides is 4. The highest BCUT2D eigenvalue weighted by Gasteiger charge is 2.43. The van der Waals surface area contributed by atoms with Crippen molar-refractivity contribution in [3.63, 3.8) is 0 Å². The van der Waals surface area contributed by atoms with Gasteiger partial charge in [0, 0.05) is 27.8 Å². The zero-order chi connectivity index (χ0) is 41.0. The van der Waals surface area contributed by atoms with Crippen molar-refractivity contribution >= 4 is 23.6 Å². The second-order valence-corrected chi connectivity index (χ2v) is 16.6. The van der Waals surface area contributed by atoms with Gasteiger partial charge in [-0.1, -0.05) is 103 Å². The van der Waals surface area contributed by atoms with E-state index in [2.05, 4.69) is 48.8 Å². The first-order chi connectivity index (χ1) is 26.1. The van der Waals surface area contributed by atoms with Crippen LogP contribution >= 0.6 is 0 Å². The SMILES string of the molecule is CC[C@H](C)[C@@H]([C@@H](CC(=O)N1CCCC1[C@H](OC)[C@@H](C)C(=O)N[C@@H](Cc1ccccc1)C1=CC=CC1)OC)N(C)C(=O)[C@@H](NC(=O)[C@H](C(C)C)N(C)C)C(C)C. The number of methoxy groups -OCH3 is 2. The zero-order valence-electron chi connectivity index (χ0n) is 35.7. The average molecular weight is 766 g/mol. The number of allylic oxidation sites excluding steroid dienone is 3. The topological polar surface area (TPSA) is 121 Å². The highest BCUT2D eigenvalue weighted by atomic mass is 16.5. The lowest BCUT2D eigenvalue weighted by atomic mass is 9.89. The molecule has 0 radical (unpaired) electrons. The second-order valence-electron chi connectivity index (χ2n) is 16.6. The third-order valence-electron chi connectivity index (χ3n) is 11.8. The number of benzene rings is 1. The van der Waals surface area contributed by atoms with Gasteiger partial charge in [0.2, 0.25) is 23.6 Å². The fourth-order valence-electron chi connectivity index (χ4n) is 8.56. The molecule has 1 aliphatic carbocycles. The monoisotopic (exact) mass is 766 g/mol. The Labute approximate surface area is 331 Å². The molecule has 11 heteroatoms. The summed E-state index contributed by atoms with van der Waals surface area (Å²) in [6, 6.07) is 8.17. The highest BCUT2D eigenvalue weighted by molar-refractivity contribution is 5.90. The molecule has 1 aromatic carbocycles. The van der Waals surface area contributed by atoms with E-state index in [0.29, 0.717) is 13.0 Å². The lowest BCUT2D eigenvalue weighted by Crippen LogP contribution is -2.59. The largest absolute Gasteiger partial charge is 0.379 e. The first kappa shape index (κ1) is 45.8. The number of carbonyl (C=O) groups excluding carboxylic acids is 4. The molecule has 1 aromatic rings. The van der Waals surface area contributed by atoms with Gasteiger partial charge in [-0.25, -0.2) is 0 Å². The molecule has 1 heterocycles. The van der Waals surface area contributed by atoms with Crippen molar-refractivity contribution < 1.29 is 28.7 Å². The van der Waals surface area contributed by atoms with E-state index in [9.17, 15) is 19.2 Å². The van der Waals surface area contributed by atoms with Gasteiger partial charge in [-0.2, -0.15) is 0 Å². The molecule has 2 N–H and O–H groups in total. The fraction of sp³-hybridized carbons (Fsp3) is 0.682. The molecule has 308 valence electrons. The van der Waals surface area contributed by atoms with Crippen LogP contribution in [0.25, 0.3) is 0 Å². The van der Waals surface area contributed by atoms with Crippen LogP contribution in [0.3, 0.4) is 0 Å². The van der Waals surface area contributed by atoms with Crippen molar-refractivity contribution in [2.24, 2.45) is 23.7 Å². The summed E-state index contributed by atoms with van der Waals surface area (Å²) in [5.74, 6) is -1.22. The first-order valence-electron chi connectivity index (χ1n) is 20.4. The maximum Gasteiger partial charge on any atom is 0.245 e. The van der Waals surface area contributed by atoms with Crippen molar-refractivity contribution in [2.75, 3.05) is 41.9 Å². The van der Waals surface area contributed by atoms with Crippen molar-refractivity contribution in [1.29, 1.82) is 0 Å². The number of nitrogens with zero attached hydrogens (tertiary/aromatic N) is 3. The van der Waals surface area contributed by atoms with Crippen molar-refractivity contribution in [3.8, 4) is 0 Å². The smallest absolute Gasteiger partial charge is 0.245 e. The van der Waals surface area contributed by atoms with Gasteiger partial charge in [0.25, 0.3) is 0 Å². The third kappa shape index (κ3) is 12.0. The van der Waals surface area contributed by atoms with E-state index in [4.69, 9.17) is 9.47 Å². The Balaban J connectivity index is 1.78. The Morgan fingerprint density at radius 3 is 2.11 bits per heavy atom. The first-order valence-corrected chi connectivity index (χ1v) is 20.4. The van der Waals surface area contributed by atoms with E-state index < -0.39 is 30.2 Å². The number of likely N-dealkylation sites (N-methyl/N-ethyl adjacent to an activating group) is 2. The van der Waals surface area contributed by atoms with Gasteiger partial charge in [-0.3, -0.25) is 24.1 Å². The van der Waals surface area contributed by atoms with E-state index in [0.717, 1.165) is 36.8 Å². The standard InChI is InChI=1S/C44H71N5O6/c1-13-30(6)40(48(10)44(53)38(28(2)3)46-43(52)39(29(4)5)47(8)9)36(54-11)27-37(50)49-25-19-24-35(49)41(55-12)31(7)42(51)45-34(33-22-17-18-23-33)26-32-20-15-14-16-21-32/h14-18,20-22,28-31,34-36,38-41H,13,19,23-27H2,1-12H3,(H,45,51)(H,46,52)/t30-,31+,34-,35?,36+,38-,39-,40-,41+/m0/s1. The van der Waals surface area contributed by atoms with Crippen LogP contribution in [0.5, 0.6) is 0 Å². The quantitative estimate of drug-likeness (QED) is 0.176. The van der Waals surface area contributed by atoms with Crippen molar-refractivity contribution in [1.82, 2.24) is 25.3 Å². The van der Waals surface area contributed by atoms with Crippen LogP contribution in [0.2, 0.25) is 0 Å². The molecular weight excluding hydrogens is 695 g/mol. The minimum atomic E-state index is -0.745. The molecule has 1 fully saturated rings. The Morgan fingerprint density at radius 1 is 0.909 bits per heavy atom. The number of carbonyl (C=O) groups is 4. The van der Waals surface area contributed by atoms with Crippen LogP contribution in [0.4, 0.5) is 0 Å². The summed E-state index contributed by atoms with van der Waals surface area (Å²) in [5.41, 5.74) is 2.31. The molecule has 2 aliphatic rings. The fourth-order valence-corrected chi connectivity index (χ4v) is 8.56. The number of hydrogen-bond donors (Lipinski definition) is 2. The van der Waals surface area contributed by atoms with Crippen molar-refractivity contribution in [2.45, 2.75) is 129 Å². The summed E-state index contributed by atoms with van der Waals surface area (Å²) in [7, 11) is 8.69. The minimum absolute atomic E-state index is 0.000711. The van der Waals surface area contributed by atoms with E-state index in [1.165, 1.54) is 0 Å². The number of rotatable bonds is 21. The van der Waals surface area contributed by atoms with E-state index in [-0.39, 0.29) is 65.9 Å². The van der Waals surface area contributed by atoms with Crippen LogP contribution in [-0.2, 0) is 35.1 Å². The Kier molecular flexibility index (Phi) is 18.1. The van der Waals surface area contributed by atoms with Crippen molar-refractivity contribution in [3.05, 3.63) is 59.7 Å². The molecule has 0 spiro atoms. The molecular formula is C44H71N5O6. The third-order valence-corrected chi connectivity index (χ3v) is 11.8. The molecule has 0 aromatic heterocycles. The molecule has 55 heavy (non-hydrogen) atoms. The van der Waals surface area contributed by atoms with Crippen LogP contribution in [0.15, 0.2) is 54.1 Å². The number of likely N-dealkylation sites (tertiary alicyclic amines) is 1. The van der Waals surface area contributed by atoms with Gasteiger partial charge >= 0.3 is 0 Å². The van der Waals surface area contributed by atoms with Gasteiger partial charge in [0.05, 0.1) is 48.7 Å². The van der Waals surface area contributed by atoms with Crippen LogP contribution in [0.1, 0.15) is 86.1 Å². The average Bonchev–Trinajstić information content (AvgIpc) is 3.87. The summed E-state index contributed by atoms with van der Waals surface area (Å²) in [6.07, 6.45) is 8.92. The molecule has 1 unspecified atom stereocenters. The normalized spacial score (nSPS) is 20.1. The second kappa shape index (κ2) is 21.7. The Hall–Kier alpha value is -3.54. The predicted molar refractivity (Wildman–Crippen MR) is 219 cm³/mol. The summed E-state index contributed by atoms with van der Waals surface area (Å²) >= 11 is 0. The summed E-state index contributed by atoms with van der Waals surface area (Å²) in [4.78, 5) is 61.4. The molecule has 0 saturated carbocycles. The van der Waals surface area contributed by atoms with Gasteiger partial charge in [-0.05, 0) is 68.7 Å². The molecule has 0 bridgehead atoms. The molecule has 1 saturated heterocycles. The Morgan fingerprint density at radius 2 is 1.58 bits per heavy atom. The molecule has 9 atom stereocenters. The Bertz CT molecular complexity index is 1450. The van der Waals surface area contributed by atoms with Crippen LogP contribution in [0, 0.1) is 23.7 Å². The molecule has 1 aliphatic heterocycles. The van der Waals surface area contributed by atoms with Crippen LogP contribution < -0.4 is 10.6 Å².